The van der Waals surface area contributed by atoms with Gasteiger partial charge in [0.1, 0.15) is 11.5 Å². The number of hydrogen-bond acceptors (Lipinski definition) is 5. The molecule has 0 bridgehead atoms. The fourth-order valence-corrected chi connectivity index (χ4v) is 1.83. The highest BCUT2D eigenvalue weighted by Gasteiger charge is 2.19. The van der Waals surface area contributed by atoms with Crippen molar-refractivity contribution in [2.24, 2.45) is 5.73 Å². The second kappa shape index (κ2) is 6.30. The van der Waals surface area contributed by atoms with E-state index in [4.69, 9.17) is 15.0 Å². The van der Waals surface area contributed by atoms with Crippen LogP contribution in [0.1, 0.15) is 28.6 Å². The highest BCUT2D eigenvalue weighted by atomic mass is 16.5. The monoisotopic (exact) mass is 303 g/mol. The van der Waals surface area contributed by atoms with Crippen LogP contribution in [0.2, 0.25) is 0 Å². The molecule has 1 atom stereocenters. The normalized spacial score (nSPS) is 11.8. The van der Waals surface area contributed by atoms with Crippen molar-refractivity contribution >= 4 is 17.6 Å². The van der Waals surface area contributed by atoms with Gasteiger partial charge in [0.2, 0.25) is 0 Å². The second-order valence-corrected chi connectivity index (χ2v) is 4.94. The molecule has 0 saturated heterocycles. The van der Waals surface area contributed by atoms with Gasteiger partial charge in [0, 0.05) is 6.07 Å². The molecule has 0 aliphatic carbocycles. The molecule has 3 N–H and O–H groups in total. The first-order valence-electron chi connectivity index (χ1n) is 6.68. The predicted molar refractivity (Wildman–Crippen MR) is 79.7 cm³/mol. The number of ether oxygens (including phenoxy) is 1. The average molecular weight is 303 g/mol. The highest BCUT2D eigenvalue weighted by molar-refractivity contribution is 5.96. The Morgan fingerprint density at radius 1 is 1.32 bits per heavy atom. The SMILES string of the molecule is Cc1ccc(C(N)=O)c(O[C@H](C)C(=O)Nc2cc(C)on2)c1. The number of aryl methyl sites for hydroxylation is 2. The summed E-state index contributed by atoms with van der Waals surface area (Å²) in [5, 5.41) is 6.23. The Labute approximate surface area is 127 Å². The molecular weight excluding hydrogens is 286 g/mol. The third kappa shape index (κ3) is 3.63. The summed E-state index contributed by atoms with van der Waals surface area (Å²) in [6, 6.07) is 6.56. The van der Waals surface area contributed by atoms with Crippen LogP contribution < -0.4 is 15.8 Å². The van der Waals surface area contributed by atoms with Gasteiger partial charge in [-0.3, -0.25) is 9.59 Å². The van der Waals surface area contributed by atoms with Crippen LogP contribution in [-0.2, 0) is 4.79 Å². The molecule has 0 saturated carbocycles. The number of benzene rings is 1. The largest absolute Gasteiger partial charge is 0.480 e. The van der Waals surface area contributed by atoms with Crippen LogP contribution in [0.3, 0.4) is 0 Å². The van der Waals surface area contributed by atoms with Gasteiger partial charge < -0.3 is 20.3 Å². The van der Waals surface area contributed by atoms with Gasteiger partial charge in [-0.25, -0.2) is 0 Å². The summed E-state index contributed by atoms with van der Waals surface area (Å²) < 4.78 is 10.4. The number of rotatable bonds is 5. The average Bonchev–Trinajstić information content (AvgIpc) is 2.83. The number of anilines is 1. The number of amides is 2. The first-order chi connectivity index (χ1) is 10.4. The molecule has 0 aliphatic heterocycles. The third-order valence-electron chi connectivity index (χ3n) is 2.95. The molecule has 1 aromatic carbocycles. The Balaban J connectivity index is 2.11. The molecule has 0 unspecified atom stereocenters. The lowest BCUT2D eigenvalue weighted by Crippen LogP contribution is -2.31. The lowest BCUT2D eigenvalue weighted by atomic mass is 10.1. The lowest BCUT2D eigenvalue weighted by molar-refractivity contribution is -0.122. The molecule has 0 aliphatic rings. The number of nitrogens with one attached hydrogen (secondary N) is 1. The number of nitrogens with two attached hydrogens (primary N) is 1. The highest BCUT2D eigenvalue weighted by Crippen LogP contribution is 2.21. The van der Waals surface area contributed by atoms with E-state index >= 15 is 0 Å². The van der Waals surface area contributed by atoms with Crippen LogP contribution in [0.25, 0.3) is 0 Å². The summed E-state index contributed by atoms with van der Waals surface area (Å²) in [5.41, 5.74) is 6.41. The maximum Gasteiger partial charge on any atom is 0.266 e. The summed E-state index contributed by atoms with van der Waals surface area (Å²) in [6.45, 7) is 5.13. The minimum absolute atomic E-state index is 0.225. The summed E-state index contributed by atoms with van der Waals surface area (Å²) in [7, 11) is 0. The summed E-state index contributed by atoms with van der Waals surface area (Å²) in [4.78, 5) is 23.5. The number of nitrogens with zero attached hydrogens (tertiary/aromatic N) is 1. The molecule has 22 heavy (non-hydrogen) atoms. The molecule has 2 rings (SSSR count). The summed E-state index contributed by atoms with van der Waals surface area (Å²) >= 11 is 0. The summed E-state index contributed by atoms with van der Waals surface area (Å²) in [6.07, 6.45) is -0.836. The fraction of sp³-hybridized carbons (Fsp3) is 0.267. The number of primary amides is 1. The Morgan fingerprint density at radius 3 is 2.64 bits per heavy atom. The Hall–Kier alpha value is -2.83. The van der Waals surface area contributed by atoms with E-state index in [1.807, 2.05) is 6.92 Å². The van der Waals surface area contributed by atoms with Crippen molar-refractivity contribution in [3.05, 3.63) is 41.2 Å². The molecule has 0 fully saturated rings. The topological polar surface area (TPSA) is 107 Å². The fourth-order valence-electron chi connectivity index (χ4n) is 1.83. The molecule has 2 amide bonds. The molecule has 7 nitrogen and oxygen atoms in total. The number of carbonyl (C=O) groups excluding carboxylic acids is 2. The van der Waals surface area contributed by atoms with Crippen molar-refractivity contribution in [1.82, 2.24) is 5.16 Å². The van der Waals surface area contributed by atoms with Crippen molar-refractivity contribution in [2.45, 2.75) is 26.9 Å². The van der Waals surface area contributed by atoms with Crippen molar-refractivity contribution in [3.8, 4) is 5.75 Å². The zero-order chi connectivity index (χ0) is 16.3. The first-order valence-corrected chi connectivity index (χ1v) is 6.68. The molecule has 2 aromatic rings. The van der Waals surface area contributed by atoms with Crippen LogP contribution in [-0.4, -0.2) is 23.1 Å². The minimum Gasteiger partial charge on any atom is -0.480 e. The van der Waals surface area contributed by atoms with E-state index in [9.17, 15) is 9.59 Å². The third-order valence-corrected chi connectivity index (χ3v) is 2.95. The maximum atomic E-state index is 12.1. The van der Waals surface area contributed by atoms with E-state index < -0.39 is 17.9 Å². The van der Waals surface area contributed by atoms with E-state index in [1.54, 1.807) is 38.1 Å². The molecular formula is C15H17N3O4. The van der Waals surface area contributed by atoms with Gasteiger partial charge in [-0.1, -0.05) is 11.2 Å². The van der Waals surface area contributed by atoms with E-state index in [0.29, 0.717) is 11.6 Å². The van der Waals surface area contributed by atoms with Crippen LogP contribution >= 0.6 is 0 Å². The number of carbonyl (C=O) groups is 2. The van der Waals surface area contributed by atoms with Gasteiger partial charge in [0.05, 0.1) is 5.56 Å². The van der Waals surface area contributed by atoms with Crippen LogP contribution in [0.5, 0.6) is 5.75 Å². The number of aromatic nitrogens is 1. The van der Waals surface area contributed by atoms with Gasteiger partial charge in [-0.2, -0.15) is 0 Å². The molecule has 7 heteroatoms. The summed E-state index contributed by atoms with van der Waals surface area (Å²) in [5.74, 6) is 0.127. The van der Waals surface area contributed by atoms with Crippen LogP contribution in [0, 0.1) is 13.8 Å². The number of hydrogen-bond donors (Lipinski definition) is 2. The quantitative estimate of drug-likeness (QED) is 0.875. The minimum atomic E-state index is -0.836. The predicted octanol–water partition coefficient (Wildman–Crippen LogP) is 1.80. The maximum absolute atomic E-state index is 12.1. The van der Waals surface area contributed by atoms with E-state index in [-0.39, 0.29) is 11.3 Å². The Morgan fingerprint density at radius 2 is 2.05 bits per heavy atom. The standard InChI is InChI=1S/C15H17N3O4/c1-8-4-5-11(14(16)19)12(6-8)21-10(3)15(20)17-13-7-9(2)22-18-13/h4-7,10H,1-3H3,(H2,16,19)(H,17,18,20)/t10-/m1/s1. The van der Waals surface area contributed by atoms with Crippen LogP contribution in [0.15, 0.2) is 28.8 Å². The van der Waals surface area contributed by atoms with Crippen molar-refractivity contribution in [2.75, 3.05) is 5.32 Å². The van der Waals surface area contributed by atoms with Gasteiger partial charge in [0.25, 0.3) is 11.8 Å². The van der Waals surface area contributed by atoms with Crippen molar-refractivity contribution < 1.29 is 18.8 Å². The molecule has 0 spiro atoms. The molecule has 0 radical (unpaired) electrons. The first kappa shape index (κ1) is 15.6. The van der Waals surface area contributed by atoms with Gasteiger partial charge >= 0.3 is 0 Å². The van der Waals surface area contributed by atoms with E-state index in [0.717, 1.165) is 5.56 Å². The van der Waals surface area contributed by atoms with E-state index in [2.05, 4.69) is 10.5 Å². The zero-order valence-corrected chi connectivity index (χ0v) is 12.5. The van der Waals surface area contributed by atoms with Crippen LogP contribution in [0.4, 0.5) is 5.82 Å². The zero-order valence-electron chi connectivity index (χ0n) is 12.5. The second-order valence-electron chi connectivity index (χ2n) is 4.94. The Kier molecular flexibility index (Phi) is 4.45. The molecule has 1 aromatic heterocycles. The van der Waals surface area contributed by atoms with Gasteiger partial charge in [-0.15, -0.1) is 0 Å². The molecule has 116 valence electrons. The van der Waals surface area contributed by atoms with Crippen molar-refractivity contribution in [1.29, 1.82) is 0 Å². The van der Waals surface area contributed by atoms with E-state index in [1.165, 1.54) is 0 Å². The molecule has 1 heterocycles. The van der Waals surface area contributed by atoms with Crippen molar-refractivity contribution in [3.63, 3.8) is 0 Å². The van der Waals surface area contributed by atoms with Gasteiger partial charge in [-0.05, 0) is 38.5 Å². The lowest BCUT2D eigenvalue weighted by Gasteiger charge is -2.16. The van der Waals surface area contributed by atoms with Gasteiger partial charge in [0.15, 0.2) is 11.9 Å². The smallest absolute Gasteiger partial charge is 0.266 e. The Bertz CT molecular complexity index is 709.